The highest BCUT2D eigenvalue weighted by Crippen LogP contribution is 2.36. The molecule has 0 aliphatic heterocycles. The highest BCUT2D eigenvalue weighted by Gasteiger charge is 2.28. The Morgan fingerprint density at radius 1 is 1.19 bits per heavy atom. The first-order chi connectivity index (χ1) is 12.8. The minimum Gasteiger partial charge on any atom is -0.369 e. The fraction of sp³-hybridized carbons (Fsp3) is 0.316. The molecule has 1 unspecified atom stereocenters. The minimum absolute atomic E-state index is 0.000509. The number of rotatable bonds is 6. The molecule has 0 radical (unpaired) electrons. The fourth-order valence-electron chi connectivity index (χ4n) is 3.49. The lowest BCUT2D eigenvalue weighted by Gasteiger charge is -2.27. The third-order valence-electron chi connectivity index (χ3n) is 4.70. The number of aryl methyl sites for hydroxylation is 1. The van der Waals surface area contributed by atoms with Crippen LogP contribution >= 0.6 is 0 Å². The van der Waals surface area contributed by atoms with Crippen LogP contribution in [0.3, 0.4) is 0 Å². The fourth-order valence-corrected chi connectivity index (χ4v) is 4.85. The van der Waals surface area contributed by atoms with Gasteiger partial charge in [0.05, 0.1) is 16.3 Å². The van der Waals surface area contributed by atoms with Crippen molar-refractivity contribution in [1.82, 2.24) is 5.32 Å². The normalized spacial score (nSPS) is 16.7. The van der Waals surface area contributed by atoms with Crippen LogP contribution in [0.1, 0.15) is 29.9 Å². The molecule has 0 aromatic heterocycles. The van der Waals surface area contributed by atoms with Gasteiger partial charge in [-0.15, -0.1) is 0 Å². The van der Waals surface area contributed by atoms with Gasteiger partial charge < -0.3 is 11.1 Å². The van der Waals surface area contributed by atoms with Crippen LogP contribution in [0.5, 0.6) is 0 Å². The van der Waals surface area contributed by atoms with Crippen molar-refractivity contribution in [2.45, 2.75) is 35.0 Å². The summed E-state index contributed by atoms with van der Waals surface area (Å²) in [6.45, 7) is 0.377. The zero-order chi connectivity index (χ0) is 19.6. The van der Waals surface area contributed by atoms with E-state index in [-0.39, 0.29) is 22.3 Å². The minimum atomic E-state index is -4.02. The quantitative estimate of drug-likeness (QED) is 0.787. The number of benzene rings is 2. The Kier molecular flexibility index (Phi) is 5.57. The molecule has 0 fully saturated rings. The van der Waals surface area contributed by atoms with Gasteiger partial charge in [-0.05, 0) is 66.6 Å². The monoisotopic (exact) mass is 394 g/mol. The van der Waals surface area contributed by atoms with Gasteiger partial charge in [-0.25, -0.2) is 17.2 Å². The van der Waals surface area contributed by atoms with Gasteiger partial charge in [0.15, 0.2) is 0 Å². The molecule has 0 saturated heterocycles. The molecule has 3 N–H and O–H groups in total. The van der Waals surface area contributed by atoms with Crippen molar-refractivity contribution < 1.29 is 22.0 Å². The lowest BCUT2D eigenvalue weighted by Crippen LogP contribution is -2.32. The summed E-state index contributed by atoms with van der Waals surface area (Å²) in [6.07, 6.45) is 2.07. The second-order valence-electron chi connectivity index (χ2n) is 6.63. The second-order valence-corrected chi connectivity index (χ2v) is 8.57. The van der Waals surface area contributed by atoms with Crippen LogP contribution in [0.25, 0.3) is 0 Å². The number of hydrogen-bond acceptors (Lipinski definition) is 4. The number of fused-ring (bicyclic) bond motifs is 1. The first-order valence-corrected chi connectivity index (χ1v) is 10.1. The van der Waals surface area contributed by atoms with E-state index >= 15 is 0 Å². The maximum absolute atomic E-state index is 14.8. The largest absolute Gasteiger partial charge is 0.369 e. The Morgan fingerprint density at radius 3 is 2.67 bits per heavy atom. The topological polar surface area (TPSA) is 89.3 Å². The summed E-state index contributed by atoms with van der Waals surface area (Å²) in [6, 6.07) is 7.12. The van der Waals surface area contributed by atoms with Gasteiger partial charge in [0.2, 0.25) is 15.7 Å². The van der Waals surface area contributed by atoms with Gasteiger partial charge in [0.25, 0.3) is 0 Å². The Balaban J connectivity index is 1.95. The molecule has 144 valence electrons. The van der Waals surface area contributed by atoms with Crippen LogP contribution < -0.4 is 11.1 Å². The first kappa shape index (κ1) is 19.4. The van der Waals surface area contributed by atoms with E-state index in [0.717, 1.165) is 31.0 Å². The summed E-state index contributed by atoms with van der Waals surface area (Å²) < 4.78 is 53.8. The Morgan fingerprint density at radius 2 is 1.96 bits per heavy atom. The van der Waals surface area contributed by atoms with E-state index in [9.17, 15) is 22.0 Å². The molecule has 27 heavy (non-hydrogen) atoms. The van der Waals surface area contributed by atoms with E-state index in [2.05, 4.69) is 5.32 Å². The number of hydrogen-bond donors (Lipinski definition) is 2. The molecule has 5 nitrogen and oxygen atoms in total. The molecule has 0 spiro atoms. The van der Waals surface area contributed by atoms with Crippen LogP contribution in [0.2, 0.25) is 0 Å². The number of nitrogens with two attached hydrogens (primary N) is 1. The van der Waals surface area contributed by atoms with Crippen molar-refractivity contribution in [3.63, 3.8) is 0 Å². The predicted octanol–water partition coefficient (Wildman–Crippen LogP) is 2.29. The Bertz CT molecular complexity index is 977. The van der Waals surface area contributed by atoms with Crippen molar-refractivity contribution in [3.8, 4) is 0 Å². The van der Waals surface area contributed by atoms with Gasteiger partial charge in [0.1, 0.15) is 11.6 Å². The van der Waals surface area contributed by atoms with Crippen molar-refractivity contribution in [2.75, 3.05) is 13.1 Å². The SMILES string of the molecule is NC(=O)CNCC1CCCc2cc(S(=O)(=O)c3cccc(F)c3)cc(F)c21. The van der Waals surface area contributed by atoms with E-state index in [0.29, 0.717) is 24.1 Å². The Hall–Kier alpha value is -2.32. The molecule has 1 atom stereocenters. The van der Waals surface area contributed by atoms with Crippen molar-refractivity contribution in [2.24, 2.45) is 5.73 Å². The predicted molar refractivity (Wildman–Crippen MR) is 96.0 cm³/mol. The van der Waals surface area contributed by atoms with Crippen molar-refractivity contribution in [1.29, 1.82) is 0 Å². The number of sulfone groups is 1. The maximum Gasteiger partial charge on any atom is 0.231 e. The van der Waals surface area contributed by atoms with Crippen LogP contribution in [-0.2, 0) is 21.1 Å². The third kappa shape index (κ3) is 4.17. The van der Waals surface area contributed by atoms with E-state index < -0.39 is 27.4 Å². The standard InChI is InChI=1S/C19H20F2N2O3S/c20-14-5-2-6-15(8-14)27(25,26)16-7-12-3-1-4-13(10-23-11-18(22)24)19(12)17(21)9-16/h2,5-9,13,23H,1,3-4,10-11H2,(H2,22,24). The van der Waals surface area contributed by atoms with E-state index in [1.807, 2.05) is 0 Å². The summed E-state index contributed by atoms with van der Waals surface area (Å²) in [5.41, 5.74) is 6.19. The van der Waals surface area contributed by atoms with Crippen LogP contribution in [-0.4, -0.2) is 27.4 Å². The van der Waals surface area contributed by atoms with E-state index in [1.165, 1.54) is 18.2 Å². The van der Waals surface area contributed by atoms with Gasteiger partial charge in [-0.1, -0.05) is 6.07 Å². The van der Waals surface area contributed by atoms with Gasteiger partial charge in [0, 0.05) is 6.54 Å². The molecule has 2 aromatic rings. The maximum atomic E-state index is 14.8. The van der Waals surface area contributed by atoms with Gasteiger partial charge in [-0.3, -0.25) is 4.79 Å². The summed E-state index contributed by atoms with van der Waals surface area (Å²) >= 11 is 0. The highest BCUT2D eigenvalue weighted by molar-refractivity contribution is 7.91. The first-order valence-electron chi connectivity index (χ1n) is 8.61. The molecule has 3 rings (SSSR count). The third-order valence-corrected chi connectivity index (χ3v) is 6.43. The van der Waals surface area contributed by atoms with E-state index in [4.69, 9.17) is 5.73 Å². The lowest BCUT2D eigenvalue weighted by molar-refractivity contribution is -0.117. The lowest BCUT2D eigenvalue weighted by atomic mass is 9.82. The number of carbonyl (C=O) groups is 1. The Labute approximate surface area is 156 Å². The number of amides is 1. The summed E-state index contributed by atoms with van der Waals surface area (Å²) in [4.78, 5) is 10.5. The molecule has 1 aliphatic rings. The average Bonchev–Trinajstić information content (AvgIpc) is 2.61. The number of halogens is 2. The molecule has 0 bridgehead atoms. The summed E-state index contributed by atoms with van der Waals surface area (Å²) in [5, 5.41) is 2.90. The number of primary amides is 1. The molecule has 1 aliphatic carbocycles. The molecular weight excluding hydrogens is 374 g/mol. The van der Waals surface area contributed by atoms with Crippen LogP contribution in [0.15, 0.2) is 46.2 Å². The second kappa shape index (κ2) is 7.74. The number of carbonyl (C=O) groups excluding carboxylic acids is 1. The number of nitrogens with one attached hydrogen (secondary N) is 1. The van der Waals surface area contributed by atoms with E-state index in [1.54, 1.807) is 0 Å². The molecule has 2 aromatic carbocycles. The summed E-state index contributed by atoms with van der Waals surface area (Å²) in [7, 11) is -4.02. The molecule has 0 heterocycles. The zero-order valence-electron chi connectivity index (χ0n) is 14.5. The molecular formula is C19H20F2N2O3S. The molecule has 8 heteroatoms. The summed E-state index contributed by atoms with van der Waals surface area (Å²) in [5.74, 6) is -1.94. The highest BCUT2D eigenvalue weighted by atomic mass is 32.2. The van der Waals surface area contributed by atoms with Crippen molar-refractivity contribution >= 4 is 15.7 Å². The molecule has 0 saturated carbocycles. The van der Waals surface area contributed by atoms with Crippen LogP contribution in [0.4, 0.5) is 8.78 Å². The van der Waals surface area contributed by atoms with Crippen LogP contribution in [0, 0.1) is 11.6 Å². The smallest absolute Gasteiger partial charge is 0.231 e. The average molecular weight is 394 g/mol. The molecule has 1 amide bonds. The van der Waals surface area contributed by atoms with Gasteiger partial charge >= 0.3 is 0 Å². The van der Waals surface area contributed by atoms with Gasteiger partial charge in [-0.2, -0.15) is 0 Å². The zero-order valence-corrected chi connectivity index (χ0v) is 15.4. The van der Waals surface area contributed by atoms with Crippen molar-refractivity contribution in [3.05, 3.63) is 59.2 Å².